The Balaban J connectivity index is 1.58. The molecule has 0 N–H and O–H groups in total. The molecule has 2 aliphatic rings. The molecule has 130 valence electrons. The van der Waals surface area contributed by atoms with Crippen LogP contribution in [-0.4, -0.2) is 37.0 Å². The number of aryl methyl sites for hydroxylation is 1. The standard InChI is InChI=1S/C20H27NO3/c1-19(2)13-20(18(23)24-3)14-21(12-16(19)20)17(22)11-7-10-15-8-5-4-6-9-15/h4-6,8-9,16H,7,10-14H2,1-3H3/t16-,20+/m1/s1. The average Bonchev–Trinajstić information content (AvgIpc) is 2.91. The molecule has 2 fully saturated rings. The fourth-order valence-corrected chi connectivity index (χ4v) is 4.81. The highest BCUT2D eigenvalue weighted by Crippen LogP contribution is 2.63. The molecule has 4 heteroatoms. The van der Waals surface area contributed by atoms with Crippen LogP contribution >= 0.6 is 0 Å². The first-order valence-electron chi connectivity index (χ1n) is 8.79. The van der Waals surface area contributed by atoms with Crippen molar-refractivity contribution < 1.29 is 14.3 Å². The fraction of sp³-hybridized carbons (Fsp3) is 0.600. The molecule has 0 radical (unpaired) electrons. The number of likely N-dealkylation sites (tertiary alicyclic amines) is 1. The summed E-state index contributed by atoms with van der Waals surface area (Å²) in [6.07, 6.45) is 3.11. The van der Waals surface area contributed by atoms with Crippen molar-refractivity contribution in [2.45, 2.75) is 39.5 Å². The van der Waals surface area contributed by atoms with E-state index < -0.39 is 5.41 Å². The lowest BCUT2D eigenvalue weighted by atomic mass is 9.48. The van der Waals surface area contributed by atoms with Gasteiger partial charge >= 0.3 is 5.97 Å². The molecule has 2 atom stereocenters. The molecule has 1 aromatic rings. The summed E-state index contributed by atoms with van der Waals surface area (Å²) in [4.78, 5) is 26.8. The molecule has 1 saturated heterocycles. The lowest BCUT2D eigenvalue weighted by Crippen LogP contribution is -2.57. The summed E-state index contributed by atoms with van der Waals surface area (Å²) < 4.78 is 5.04. The van der Waals surface area contributed by atoms with Crippen molar-refractivity contribution in [1.29, 1.82) is 0 Å². The molecule has 1 heterocycles. The average molecular weight is 329 g/mol. The van der Waals surface area contributed by atoms with E-state index >= 15 is 0 Å². The monoisotopic (exact) mass is 329 g/mol. The van der Waals surface area contributed by atoms with Gasteiger partial charge in [0.25, 0.3) is 0 Å². The van der Waals surface area contributed by atoms with Gasteiger partial charge in [0, 0.05) is 19.5 Å². The Morgan fingerprint density at radius 1 is 1.25 bits per heavy atom. The maximum atomic E-state index is 12.6. The highest BCUT2D eigenvalue weighted by Gasteiger charge is 2.67. The number of methoxy groups -OCH3 is 1. The smallest absolute Gasteiger partial charge is 0.314 e. The van der Waals surface area contributed by atoms with Crippen LogP contribution in [0.2, 0.25) is 0 Å². The van der Waals surface area contributed by atoms with E-state index in [1.54, 1.807) is 0 Å². The summed E-state index contributed by atoms with van der Waals surface area (Å²) >= 11 is 0. The van der Waals surface area contributed by atoms with E-state index in [4.69, 9.17) is 4.74 Å². The number of hydrogen-bond acceptors (Lipinski definition) is 3. The molecule has 24 heavy (non-hydrogen) atoms. The predicted octanol–water partition coefficient (Wildman–Crippen LogP) is 3.06. The lowest BCUT2D eigenvalue weighted by Gasteiger charge is -2.54. The minimum atomic E-state index is -0.465. The predicted molar refractivity (Wildman–Crippen MR) is 92.3 cm³/mol. The summed E-state index contributed by atoms with van der Waals surface area (Å²) in [6, 6.07) is 10.2. The van der Waals surface area contributed by atoms with Gasteiger partial charge in [-0.25, -0.2) is 0 Å². The third-order valence-electron chi connectivity index (χ3n) is 5.90. The second kappa shape index (κ2) is 6.23. The number of amides is 1. The Morgan fingerprint density at radius 3 is 2.58 bits per heavy atom. The number of nitrogens with zero attached hydrogens (tertiary/aromatic N) is 1. The molecule has 4 nitrogen and oxygen atoms in total. The maximum Gasteiger partial charge on any atom is 0.314 e. The van der Waals surface area contributed by atoms with Crippen molar-refractivity contribution >= 4 is 11.9 Å². The van der Waals surface area contributed by atoms with Crippen molar-refractivity contribution in [3.63, 3.8) is 0 Å². The largest absolute Gasteiger partial charge is 0.469 e. The number of carbonyl (C=O) groups is 2. The van der Waals surface area contributed by atoms with Gasteiger partial charge in [0.2, 0.25) is 5.91 Å². The van der Waals surface area contributed by atoms with E-state index in [0.29, 0.717) is 19.5 Å². The number of ether oxygens (including phenoxy) is 1. The van der Waals surface area contributed by atoms with Crippen molar-refractivity contribution in [2.24, 2.45) is 16.7 Å². The topological polar surface area (TPSA) is 46.6 Å². The van der Waals surface area contributed by atoms with Crippen LogP contribution in [0.4, 0.5) is 0 Å². The van der Waals surface area contributed by atoms with Gasteiger partial charge in [0.05, 0.1) is 12.5 Å². The Bertz CT molecular complexity index is 625. The Morgan fingerprint density at radius 2 is 1.96 bits per heavy atom. The Kier molecular flexibility index (Phi) is 4.41. The van der Waals surface area contributed by atoms with Crippen molar-refractivity contribution in [2.75, 3.05) is 20.2 Å². The van der Waals surface area contributed by atoms with Gasteiger partial charge in [-0.1, -0.05) is 44.2 Å². The molecule has 1 saturated carbocycles. The fourth-order valence-electron chi connectivity index (χ4n) is 4.81. The maximum absolute atomic E-state index is 12.6. The molecule has 1 amide bonds. The number of hydrogen-bond donors (Lipinski definition) is 0. The second-order valence-corrected chi connectivity index (χ2v) is 7.98. The first-order chi connectivity index (χ1) is 11.4. The number of esters is 1. The minimum absolute atomic E-state index is 0.104. The zero-order valence-corrected chi connectivity index (χ0v) is 14.9. The molecule has 3 rings (SSSR count). The molecule has 0 bridgehead atoms. The van der Waals surface area contributed by atoms with Crippen LogP contribution < -0.4 is 0 Å². The quantitative estimate of drug-likeness (QED) is 0.780. The van der Waals surface area contributed by atoms with Gasteiger partial charge in [-0.3, -0.25) is 9.59 Å². The summed E-state index contributed by atoms with van der Waals surface area (Å²) in [6.45, 7) is 5.58. The summed E-state index contributed by atoms with van der Waals surface area (Å²) in [5.74, 6) is 0.237. The van der Waals surface area contributed by atoms with Crippen molar-refractivity contribution in [3.05, 3.63) is 35.9 Å². The summed E-state index contributed by atoms with van der Waals surface area (Å²) in [5, 5.41) is 0. The van der Waals surface area contributed by atoms with Crippen LogP contribution in [0.5, 0.6) is 0 Å². The van der Waals surface area contributed by atoms with Crippen LogP contribution in [-0.2, 0) is 20.7 Å². The van der Waals surface area contributed by atoms with E-state index in [1.807, 2.05) is 23.1 Å². The SMILES string of the molecule is COC(=O)[C@@]12CN(C(=O)CCCc3ccccc3)C[C@@H]1C(C)(C)C2. The van der Waals surface area contributed by atoms with E-state index in [-0.39, 0.29) is 23.2 Å². The molecule has 0 unspecified atom stereocenters. The number of rotatable bonds is 5. The molecule has 0 spiro atoms. The first-order valence-corrected chi connectivity index (χ1v) is 8.79. The summed E-state index contributed by atoms with van der Waals surface area (Å²) in [7, 11) is 1.45. The second-order valence-electron chi connectivity index (χ2n) is 7.98. The zero-order chi connectivity index (χ0) is 17.4. The third-order valence-corrected chi connectivity index (χ3v) is 5.90. The first kappa shape index (κ1) is 17.0. The van der Waals surface area contributed by atoms with Gasteiger partial charge in [0.15, 0.2) is 0 Å². The lowest BCUT2D eigenvalue weighted by molar-refractivity contribution is -0.174. The highest BCUT2D eigenvalue weighted by atomic mass is 16.5. The van der Waals surface area contributed by atoms with E-state index in [9.17, 15) is 9.59 Å². The summed E-state index contributed by atoms with van der Waals surface area (Å²) in [5.41, 5.74) is 0.902. The van der Waals surface area contributed by atoms with Crippen LogP contribution in [0.15, 0.2) is 30.3 Å². The van der Waals surface area contributed by atoms with Crippen LogP contribution in [0.25, 0.3) is 0 Å². The van der Waals surface area contributed by atoms with E-state index in [1.165, 1.54) is 12.7 Å². The van der Waals surface area contributed by atoms with E-state index in [0.717, 1.165) is 19.3 Å². The molecule has 1 aliphatic carbocycles. The van der Waals surface area contributed by atoms with Gasteiger partial charge in [-0.05, 0) is 36.2 Å². The van der Waals surface area contributed by atoms with Crippen LogP contribution in [0, 0.1) is 16.7 Å². The van der Waals surface area contributed by atoms with Gasteiger partial charge in [0.1, 0.15) is 0 Å². The van der Waals surface area contributed by atoms with Gasteiger partial charge in [-0.2, -0.15) is 0 Å². The van der Waals surface area contributed by atoms with Crippen molar-refractivity contribution in [1.82, 2.24) is 4.90 Å². The molecule has 1 aliphatic heterocycles. The normalized spacial score (nSPS) is 27.3. The van der Waals surface area contributed by atoms with Crippen LogP contribution in [0.1, 0.15) is 38.7 Å². The third kappa shape index (κ3) is 2.83. The Labute approximate surface area is 144 Å². The molecular formula is C20H27NO3. The van der Waals surface area contributed by atoms with E-state index in [2.05, 4.69) is 26.0 Å². The highest BCUT2D eigenvalue weighted by molar-refractivity contribution is 5.83. The zero-order valence-electron chi connectivity index (χ0n) is 14.9. The Hall–Kier alpha value is -1.84. The number of fused-ring (bicyclic) bond motifs is 1. The number of benzene rings is 1. The van der Waals surface area contributed by atoms with Gasteiger partial charge < -0.3 is 9.64 Å². The van der Waals surface area contributed by atoms with Crippen LogP contribution in [0.3, 0.4) is 0 Å². The molecule has 1 aromatic carbocycles. The van der Waals surface area contributed by atoms with Gasteiger partial charge in [-0.15, -0.1) is 0 Å². The number of carbonyl (C=O) groups excluding carboxylic acids is 2. The van der Waals surface area contributed by atoms with Crippen molar-refractivity contribution in [3.8, 4) is 0 Å². The molecular weight excluding hydrogens is 302 g/mol. The molecule has 0 aromatic heterocycles. The minimum Gasteiger partial charge on any atom is -0.469 e.